The van der Waals surface area contributed by atoms with Crippen molar-refractivity contribution in [3.8, 4) is 5.75 Å². The molecule has 7 rings (SSSR count). The zero-order valence-electron chi connectivity index (χ0n) is 25.9. The van der Waals surface area contributed by atoms with Crippen LogP contribution < -0.4 is 4.74 Å². The fraction of sp³-hybridized carbons (Fsp3) is 0.459. The third-order valence-electron chi connectivity index (χ3n) is 10.4. The van der Waals surface area contributed by atoms with Gasteiger partial charge in [0.2, 0.25) is 5.91 Å². The van der Waals surface area contributed by atoms with Crippen molar-refractivity contribution in [2.24, 2.45) is 11.8 Å². The van der Waals surface area contributed by atoms with E-state index in [1.807, 2.05) is 30.3 Å². The van der Waals surface area contributed by atoms with Crippen molar-refractivity contribution in [2.75, 3.05) is 19.6 Å². The summed E-state index contributed by atoms with van der Waals surface area (Å²) in [5.74, 6) is 1.50. The second-order valence-electron chi connectivity index (χ2n) is 13.4. The predicted octanol–water partition coefficient (Wildman–Crippen LogP) is 6.19. The summed E-state index contributed by atoms with van der Waals surface area (Å²) in [6, 6.07) is 18.8. The molecule has 0 N–H and O–H groups in total. The van der Waals surface area contributed by atoms with Gasteiger partial charge in [-0.1, -0.05) is 56.3 Å². The normalized spacial score (nSPS) is 27.5. The van der Waals surface area contributed by atoms with E-state index in [1.165, 1.54) is 18.1 Å². The molecule has 6 atom stereocenters. The average molecular weight is 595 g/mol. The lowest BCUT2D eigenvalue weighted by Gasteiger charge is -2.60. The smallest absolute Gasteiger partial charge is 0.303 e. The first-order valence-electron chi connectivity index (χ1n) is 16.1. The molecule has 7 heteroatoms. The van der Waals surface area contributed by atoms with Crippen LogP contribution in [0.3, 0.4) is 0 Å². The SMILES string of the molecule is CC(=O)OC(CN1CC[C@]23c4c5cccc4O[C@H]2[C@H](N(CC(C)C)C(=O)C=Cc2ccoc2)CC[C@H]3[C@H]1C5)c1ccccc1. The Morgan fingerprint density at radius 1 is 1.11 bits per heavy atom. The summed E-state index contributed by atoms with van der Waals surface area (Å²) in [5.41, 5.74) is 4.52. The van der Waals surface area contributed by atoms with Crippen LogP contribution in [0.4, 0.5) is 0 Å². The van der Waals surface area contributed by atoms with Crippen molar-refractivity contribution < 1.29 is 23.5 Å². The Morgan fingerprint density at radius 3 is 2.70 bits per heavy atom. The molecule has 0 radical (unpaired) electrons. The van der Waals surface area contributed by atoms with Gasteiger partial charge in [-0.15, -0.1) is 0 Å². The molecule has 1 spiro atoms. The Kier molecular flexibility index (Phi) is 7.61. The molecule has 2 aliphatic heterocycles. The van der Waals surface area contributed by atoms with Crippen LogP contribution in [0.25, 0.3) is 6.08 Å². The Hall–Kier alpha value is -3.84. The average Bonchev–Trinajstić information content (AvgIpc) is 3.65. The van der Waals surface area contributed by atoms with Crippen LogP contribution in [-0.2, 0) is 26.2 Å². The van der Waals surface area contributed by atoms with Gasteiger partial charge in [-0.05, 0) is 73.4 Å². The van der Waals surface area contributed by atoms with Crippen molar-refractivity contribution in [3.63, 3.8) is 0 Å². The highest BCUT2D eigenvalue weighted by molar-refractivity contribution is 5.92. The molecular formula is C37H42N2O5. The monoisotopic (exact) mass is 594 g/mol. The van der Waals surface area contributed by atoms with Gasteiger partial charge in [0.05, 0.1) is 18.6 Å². The van der Waals surface area contributed by atoms with Gasteiger partial charge in [0.1, 0.15) is 18.0 Å². The summed E-state index contributed by atoms with van der Waals surface area (Å²) in [6.07, 6.45) is 10.2. The van der Waals surface area contributed by atoms with Gasteiger partial charge in [0, 0.05) is 48.7 Å². The summed E-state index contributed by atoms with van der Waals surface area (Å²) >= 11 is 0. The van der Waals surface area contributed by atoms with Crippen LogP contribution >= 0.6 is 0 Å². The Labute approximate surface area is 259 Å². The van der Waals surface area contributed by atoms with Crippen LogP contribution in [0.5, 0.6) is 5.75 Å². The standard InChI is InChI=1S/C37H42N2O5/c1-24(2)21-39(34(41)15-12-26-16-19-42-23-26)30-14-13-29-31-20-28-10-7-11-32-35(28)37(29,36(30)44-32)17-18-38(31)22-33(43-25(3)40)27-8-5-4-6-9-27/h4-12,15-16,19,23-24,29-31,33,36H,13-14,17-18,20-22H2,1-3H3/t29-,30+,31+,33?,36-,37-/m0/s1. The molecule has 1 unspecified atom stereocenters. The summed E-state index contributed by atoms with van der Waals surface area (Å²) in [7, 11) is 0. The lowest BCUT2D eigenvalue weighted by Crippen LogP contribution is -2.69. The predicted molar refractivity (Wildman–Crippen MR) is 168 cm³/mol. The number of ether oxygens (including phenoxy) is 2. The number of carbonyl (C=O) groups is 2. The highest BCUT2D eigenvalue weighted by Gasteiger charge is 2.66. The van der Waals surface area contributed by atoms with Crippen molar-refractivity contribution in [1.82, 2.24) is 9.80 Å². The number of nitrogens with zero attached hydrogens (tertiary/aromatic N) is 2. The molecule has 3 aromatic rings. The maximum absolute atomic E-state index is 13.9. The minimum Gasteiger partial charge on any atom is -0.487 e. The van der Waals surface area contributed by atoms with Crippen molar-refractivity contribution in [3.05, 3.63) is 95.5 Å². The van der Waals surface area contributed by atoms with E-state index in [0.29, 0.717) is 31.0 Å². The largest absolute Gasteiger partial charge is 0.487 e. The number of hydrogen-bond donors (Lipinski definition) is 0. The number of hydrogen-bond acceptors (Lipinski definition) is 6. The molecule has 230 valence electrons. The zero-order valence-corrected chi connectivity index (χ0v) is 25.9. The number of carbonyl (C=O) groups excluding carboxylic acids is 2. The first-order chi connectivity index (χ1) is 21.3. The molecule has 2 bridgehead atoms. The van der Waals surface area contributed by atoms with E-state index in [2.05, 4.69) is 54.0 Å². The molecule has 44 heavy (non-hydrogen) atoms. The lowest BCUT2D eigenvalue weighted by molar-refractivity contribution is -0.151. The molecule has 1 saturated carbocycles. The number of benzene rings is 2. The minimum absolute atomic E-state index is 0.0150. The molecule has 4 aliphatic rings. The van der Waals surface area contributed by atoms with Crippen LogP contribution in [0.2, 0.25) is 0 Å². The minimum atomic E-state index is -0.316. The highest BCUT2D eigenvalue weighted by Crippen LogP contribution is 2.62. The maximum atomic E-state index is 13.9. The van der Waals surface area contributed by atoms with E-state index >= 15 is 0 Å². The summed E-state index contributed by atoms with van der Waals surface area (Å²) < 4.78 is 18.1. The molecule has 2 aromatic carbocycles. The van der Waals surface area contributed by atoms with E-state index in [9.17, 15) is 9.59 Å². The lowest BCUT2D eigenvalue weighted by atomic mass is 9.51. The Bertz CT molecular complexity index is 1530. The summed E-state index contributed by atoms with van der Waals surface area (Å²) in [6.45, 7) is 8.09. The topological polar surface area (TPSA) is 72.2 Å². The molecule has 7 nitrogen and oxygen atoms in total. The first kappa shape index (κ1) is 28.9. The molecule has 2 fully saturated rings. The molecule has 1 saturated heterocycles. The molecule has 2 aliphatic carbocycles. The van der Waals surface area contributed by atoms with Gasteiger partial charge in [-0.2, -0.15) is 0 Å². The van der Waals surface area contributed by atoms with Crippen LogP contribution in [-0.4, -0.2) is 59.5 Å². The first-order valence-corrected chi connectivity index (χ1v) is 16.1. The van der Waals surface area contributed by atoms with Crippen LogP contribution in [0.15, 0.2) is 77.6 Å². The van der Waals surface area contributed by atoms with Crippen LogP contribution in [0, 0.1) is 11.8 Å². The quantitative estimate of drug-likeness (QED) is 0.217. The molecular weight excluding hydrogens is 552 g/mol. The third-order valence-corrected chi connectivity index (χ3v) is 10.4. The fourth-order valence-corrected chi connectivity index (χ4v) is 8.82. The van der Waals surface area contributed by atoms with Gasteiger partial charge in [-0.25, -0.2) is 0 Å². The van der Waals surface area contributed by atoms with Gasteiger partial charge in [0.15, 0.2) is 0 Å². The van der Waals surface area contributed by atoms with E-state index in [4.69, 9.17) is 13.9 Å². The maximum Gasteiger partial charge on any atom is 0.303 e. The van der Waals surface area contributed by atoms with Crippen molar-refractivity contribution in [1.29, 1.82) is 0 Å². The third kappa shape index (κ3) is 4.95. The number of amides is 1. The molecule has 1 amide bonds. The van der Waals surface area contributed by atoms with E-state index < -0.39 is 0 Å². The second-order valence-corrected chi connectivity index (χ2v) is 13.4. The number of furan rings is 1. The molecule has 3 heterocycles. The highest BCUT2D eigenvalue weighted by atomic mass is 16.5. The van der Waals surface area contributed by atoms with Gasteiger partial charge < -0.3 is 18.8 Å². The van der Waals surface area contributed by atoms with Gasteiger partial charge in [0.25, 0.3) is 0 Å². The van der Waals surface area contributed by atoms with Gasteiger partial charge in [-0.3, -0.25) is 14.5 Å². The number of rotatable bonds is 9. The van der Waals surface area contributed by atoms with E-state index in [-0.39, 0.29) is 35.5 Å². The second kappa shape index (κ2) is 11.6. The van der Waals surface area contributed by atoms with Crippen LogP contribution in [0.1, 0.15) is 68.4 Å². The fourth-order valence-electron chi connectivity index (χ4n) is 8.82. The van der Waals surface area contributed by atoms with Gasteiger partial charge >= 0.3 is 5.97 Å². The number of likely N-dealkylation sites (tertiary alicyclic amines) is 1. The molecule has 1 aromatic heterocycles. The number of esters is 1. The Balaban J connectivity index is 1.22. The van der Waals surface area contributed by atoms with Crippen molar-refractivity contribution >= 4 is 18.0 Å². The zero-order chi connectivity index (χ0) is 30.4. The van der Waals surface area contributed by atoms with Crippen molar-refractivity contribution in [2.45, 2.75) is 76.2 Å². The Morgan fingerprint density at radius 2 is 1.95 bits per heavy atom. The van der Waals surface area contributed by atoms with E-state index in [0.717, 1.165) is 49.1 Å². The van der Waals surface area contributed by atoms with E-state index in [1.54, 1.807) is 18.6 Å². The summed E-state index contributed by atoms with van der Waals surface area (Å²) in [4.78, 5) is 30.7. The number of piperidine rings is 1. The summed E-state index contributed by atoms with van der Waals surface area (Å²) in [5, 5.41) is 0.